The van der Waals surface area contributed by atoms with Crippen molar-refractivity contribution in [1.82, 2.24) is 4.90 Å². The molecule has 33 heavy (non-hydrogen) atoms. The number of esters is 1. The third-order valence-electron chi connectivity index (χ3n) is 5.96. The third-order valence-corrected chi connectivity index (χ3v) is 5.96. The molecule has 164 valence electrons. The molecule has 0 saturated carbocycles. The molecule has 1 aliphatic heterocycles. The first kappa shape index (κ1) is 20.7. The largest absolute Gasteiger partial charge is 0.465 e. The van der Waals surface area contributed by atoms with Crippen molar-refractivity contribution in [1.29, 1.82) is 0 Å². The van der Waals surface area contributed by atoms with Crippen LogP contribution in [0.3, 0.4) is 0 Å². The number of carbonyl (C=O) groups is 2. The fourth-order valence-electron chi connectivity index (χ4n) is 4.34. The van der Waals surface area contributed by atoms with Crippen molar-refractivity contribution in [2.24, 2.45) is 0 Å². The lowest BCUT2D eigenvalue weighted by Crippen LogP contribution is -2.29. The van der Waals surface area contributed by atoms with Gasteiger partial charge >= 0.3 is 5.97 Å². The number of hydrogen-bond acceptors (Lipinski definition) is 5. The number of methoxy groups -OCH3 is 1. The molecule has 0 aliphatic carbocycles. The maximum atomic E-state index is 13.6. The van der Waals surface area contributed by atoms with E-state index < -0.39 is 12.0 Å². The van der Waals surface area contributed by atoms with Crippen LogP contribution in [-0.4, -0.2) is 23.9 Å². The summed E-state index contributed by atoms with van der Waals surface area (Å²) in [6.45, 7) is 2.21. The fourth-order valence-corrected chi connectivity index (χ4v) is 4.34. The lowest BCUT2D eigenvalue weighted by atomic mass is 9.97. The first-order valence-corrected chi connectivity index (χ1v) is 10.6. The molecule has 3 aromatic carbocycles. The standard InChI is InChI=1S/C27H21NO5/c1-16-8-13-21-20(14-16)24(29)22-23(18-9-11-19(12-10-18)27(31)32-2)28(26(30)25(22)33-21)15-17-6-4-3-5-7-17/h3-14,23H,15H2,1-2H3. The second kappa shape index (κ2) is 8.06. The highest BCUT2D eigenvalue weighted by molar-refractivity contribution is 5.99. The van der Waals surface area contributed by atoms with Gasteiger partial charge in [-0.05, 0) is 42.3 Å². The smallest absolute Gasteiger partial charge is 0.337 e. The number of aryl methyl sites for hydroxylation is 1. The number of hydrogen-bond donors (Lipinski definition) is 0. The Kier molecular flexibility index (Phi) is 5.05. The van der Waals surface area contributed by atoms with Gasteiger partial charge in [0.2, 0.25) is 5.76 Å². The Bertz CT molecular complexity index is 1440. The molecule has 0 bridgehead atoms. The van der Waals surface area contributed by atoms with E-state index in [1.54, 1.807) is 41.3 Å². The molecule has 2 heterocycles. The van der Waals surface area contributed by atoms with Gasteiger partial charge in [0, 0.05) is 6.54 Å². The van der Waals surface area contributed by atoms with Crippen LogP contribution in [0.15, 0.2) is 82.0 Å². The first-order chi connectivity index (χ1) is 16.0. The Morgan fingerprint density at radius 2 is 1.73 bits per heavy atom. The molecule has 1 unspecified atom stereocenters. The van der Waals surface area contributed by atoms with Crippen molar-refractivity contribution < 1.29 is 18.7 Å². The van der Waals surface area contributed by atoms with Gasteiger partial charge in [-0.25, -0.2) is 4.79 Å². The Hall–Kier alpha value is -4.19. The lowest BCUT2D eigenvalue weighted by Gasteiger charge is -2.25. The van der Waals surface area contributed by atoms with Crippen molar-refractivity contribution in [3.05, 3.63) is 117 Å². The van der Waals surface area contributed by atoms with E-state index in [1.807, 2.05) is 43.3 Å². The van der Waals surface area contributed by atoms with Crippen molar-refractivity contribution in [3.8, 4) is 0 Å². The van der Waals surface area contributed by atoms with Crippen LogP contribution in [0, 0.1) is 6.92 Å². The number of fused-ring (bicyclic) bond motifs is 2. The van der Waals surface area contributed by atoms with Gasteiger partial charge in [-0.3, -0.25) is 9.59 Å². The summed E-state index contributed by atoms with van der Waals surface area (Å²) in [5.74, 6) is -0.726. The average Bonchev–Trinajstić information content (AvgIpc) is 3.11. The lowest BCUT2D eigenvalue weighted by molar-refractivity contribution is 0.0599. The molecular weight excluding hydrogens is 418 g/mol. The summed E-state index contributed by atoms with van der Waals surface area (Å²) in [7, 11) is 1.32. The summed E-state index contributed by atoms with van der Waals surface area (Å²) >= 11 is 0. The highest BCUT2D eigenvalue weighted by Crippen LogP contribution is 2.39. The number of carbonyl (C=O) groups excluding carboxylic acids is 2. The molecular formula is C27H21NO5. The summed E-state index contributed by atoms with van der Waals surface area (Å²) in [5, 5.41) is 0.444. The van der Waals surface area contributed by atoms with Crippen LogP contribution in [0.4, 0.5) is 0 Å². The fraction of sp³-hybridized carbons (Fsp3) is 0.148. The van der Waals surface area contributed by atoms with Crippen molar-refractivity contribution in [2.45, 2.75) is 19.5 Å². The summed E-state index contributed by atoms with van der Waals surface area (Å²) in [6, 6.07) is 21.1. The van der Waals surface area contributed by atoms with E-state index in [1.165, 1.54) is 7.11 Å². The molecule has 1 aromatic heterocycles. The summed E-state index contributed by atoms with van der Waals surface area (Å²) in [6.07, 6.45) is 0. The van der Waals surface area contributed by atoms with Gasteiger partial charge in [-0.2, -0.15) is 0 Å². The predicted octanol–water partition coefficient (Wildman–Crippen LogP) is 4.63. The number of amides is 1. The average molecular weight is 439 g/mol. The monoisotopic (exact) mass is 439 g/mol. The zero-order chi connectivity index (χ0) is 23.1. The van der Waals surface area contributed by atoms with E-state index in [2.05, 4.69) is 0 Å². The first-order valence-electron chi connectivity index (χ1n) is 10.6. The number of benzene rings is 3. The van der Waals surface area contributed by atoms with Crippen molar-refractivity contribution in [2.75, 3.05) is 7.11 Å². The van der Waals surface area contributed by atoms with Crippen LogP contribution in [0.2, 0.25) is 0 Å². The normalized spacial score (nSPS) is 15.0. The highest BCUT2D eigenvalue weighted by Gasteiger charge is 2.42. The highest BCUT2D eigenvalue weighted by atomic mass is 16.5. The third kappa shape index (κ3) is 3.49. The topological polar surface area (TPSA) is 76.8 Å². The minimum Gasteiger partial charge on any atom is -0.465 e. The van der Waals surface area contributed by atoms with Gasteiger partial charge in [-0.15, -0.1) is 0 Å². The zero-order valence-corrected chi connectivity index (χ0v) is 18.2. The summed E-state index contributed by atoms with van der Waals surface area (Å²) in [4.78, 5) is 40.6. The molecule has 1 aliphatic rings. The van der Waals surface area contributed by atoms with Gasteiger partial charge in [0.05, 0.1) is 29.7 Å². The molecule has 5 rings (SSSR count). The molecule has 1 amide bonds. The minimum absolute atomic E-state index is 0.0642. The van der Waals surface area contributed by atoms with Crippen LogP contribution < -0.4 is 5.43 Å². The van der Waals surface area contributed by atoms with Gasteiger partial charge in [0.15, 0.2) is 5.43 Å². The Balaban J connectivity index is 1.70. The Morgan fingerprint density at radius 1 is 1.00 bits per heavy atom. The number of rotatable bonds is 4. The maximum absolute atomic E-state index is 13.6. The zero-order valence-electron chi connectivity index (χ0n) is 18.2. The summed E-state index contributed by atoms with van der Waals surface area (Å²) in [5.41, 5.74) is 3.45. The molecule has 0 spiro atoms. The van der Waals surface area contributed by atoms with E-state index in [4.69, 9.17) is 9.15 Å². The van der Waals surface area contributed by atoms with Crippen LogP contribution in [-0.2, 0) is 11.3 Å². The second-order valence-corrected chi connectivity index (χ2v) is 8.11. The van der Waals surface area contributed by atoms with Crippen LogP contribution in [0.25, 0.3) is 11.0 Å². The number of ether oxygens (including phenoxy) is 1. The van der Waals surface area contributed by atoms with Crippen LogP contribution >= 0.6 is 0 Å². The van der Waals surface area contributed by atoms with Crippen molar-refractivity contribution in [3.63, 3.8) is 0 Å². The number of nitrogens with zero attached hydrogens (tertiary/aromatic N) is 1. The molecule has 1 atom stereocenters. The SMILES string of the molecule is COC(=O)c1ccc(C2c3c(oc4ccc(C)cc4c3=O)C(=O)N2Cc2ccccc2)cc1. The summed E-state index contributed by atoms with van der Waals surface area (Å²) < 4.78 is 10.8. The van der Waals surface area contributed by atoms with E-state index in [0.29, 0.717) is 34.2 Å². The minimum atomic E-state index is -0.638. The van der Waals surface area contributed by atoms with Gasteiger partial charge in [0.1, 0.15) is 5.58 Å². The Labute approximate surface area is 190 Å². The predicted molar refractivity (Wildman–Crippen MR) is 123 cm³/mol. The van der Waals surface area contributed by atoms with E-state index in [0.717, 1.165) is 11.1 Å². The molecule has 0 N–H and O–H groups in total. The Morgan fingerprint density at radius 3 is 2.42 bits per heavy atom. The van der Waals surface area contributed by atoms with E-state index in [9.17, 15) is 14.4 Å². The molecule has 6 heteroatoms. The molecule has 0 saturated heterocycles. The van der Waals surface area contributed by atoms with Gasteiger partial charge in [-0.1, -0.05) is 54.1 Å². The molecule has 6 nitrogen and oxygen atoms in total. The van der Waals surface area contributed by atoms with E-state index >= 15 is 0 Å². The second-order valence-electron chi connectivity index (χ2n) is 8.11. The molecule has 0 radical (unpaired) electrons. The quantitative estimate of drug-likeness (QED) is 0.433. The molecule has 4 aromatic rings. The van der Waals surface area contributed by atoms with Gasteiger partial charge in [0.25, 0.3) is 5.91 Å². The van der Waals surface area contributed by atoms with E-state index in [-0.39, 0.29) is 17.1 Å². The van der Waals surface area contributed by atoms with Crippen LogP contribution in [0.1, 0.15) is 49.2 Å². The molecule has 0 fully saturated rings. The maximum Gasteiger partial charge on any atom is 0.337 e. The van der Waals surface area contributed by atoms with Crippen molar-refractivity contribution >= 4 is 22.8 Å². The van der Waals surface area contributed by atoms with Crippen LogP contribution in [0.5, 0.6) is 0 Å². The van der Waals surface area contributed by atoms with Gasteiger partial charge < -0.3 is 14.1 Å².